The number of hydrogen-bond acceptors (Lipinski definition) is 3. The van der Waals surface area contributed by atoms with Crippen LogP contribution in [0.5, 0.6) is 0 Å². The maximum absolute atomic E-state index is 13.7. The van der Waals surface area contributed by atoms with Gasteiger partial charge in [-0.05, 0) is 71.2 Å². The van der Waals surface area contributed by atoms with E-state index >= 15 is 0 Å². The highest BCUT2D eigenvalue weighted by atomic mass is 19.1. The van der Waals surface area contributed by atoms with Crippen molar-refractivity contribution in [3.8, 4) is 0 Å². The Bertz CT molecular complexity index is 1090. The summed E-state index contributed by atoms with van der Waals surface area (Å²) in [7, 11) is 0. The van der Waals surface area contributed by atoms with Gasteiger partial charge in [0.25, 0.3) is 5.91 Å². The van der Waals surface area contributed by atoms with Crippen molar-refractivity contribution in [1.29, 1.82) is 0 Å². The second-order valence-corrected chi connectivity index (χ2v) is 8.65. The molecular formula is C22H25FN4O. The minimum atomic E-state index is -0.379. The van der Waals surface area contributed by atoms with Crippen LogP contribution in [-0.2, 0) is 5.54 Å². The van der Waals surface area contributed by atoms with Crippen LogP contribution in [0.15, 0.2) is 24.3 Å². The third-order valence-electron chi connectivity index (χ3n) is 5.16. The Kier molecular flexibility index (Phi) is 4.25. The predicted molar refractivity (Wildman–Crippen MR) is 108 cm³/mol. The summed E-state index contributed by atoms with van der Waals surface area (Å²) in [6, 6.07) is 6.27. The first kappa shape index (κ1) is 18.6. The first-order chi connectivity index (χ1) is 13.1. The number of anilines is 1. The van der Waals surface area contributed by atoms with Gasteiger partial charge in [-0.1, -0.05) is 6.07 Å². The average molecular weight is 380 g/mol. The first-order valence-electron chi connectivity index (χ1n) is 9.63. The van der Waals surface area contributed by atoms with Gasteiger partial charge in [-0.3, -0.25) is 4.79 Å². The summed E-state index contributed by atoms with van der Waals surface area (Å²) in [5.41, 5.74) is 4.00. The molecule has 5 nitrogen and oxygen atoms in total. The molecule has 0 saturated heterocycles. The van der Waals surface area contributed by atoms with E-state index in [0.717, 1.165) is 40.8 Å². The highest BCUT2D eigenvalue weighted by molar-refractivity contribution is 6.13. The number of rotatable bonds is 3. The molecule has 1 fully saturated rings. The fraction of sp³-hybridized carbons (Fsp3) is 0.409. The number of nitrogens with one attached hydrogen (secondary N) is 1. The quantitative estimate of drug-likeness (QED) is 0.690. The molecule has 0 atom stereocenters. The van der Waals surface area contributed by atoms with Gasteiger partial charge in [-0.2, -0.15) is 5.10 Å². The summed E-state index contributed by atoms with van der Waals surface area (Å²) in [4.78, 5) is 18.1. The van der Waals surface area contributed by atoms with Crippen molar-refractivity contribution >= 4 is 22.6 Å². The number of fused-ring (bicyclic) bond motifs is 1. The number of hydrogen-bond donors (Lipinski definition) is 1. The van der Waals surface area contributed by atoms with Gasteiger partial charge < -0.3 is 5.32 Å². The number of pyridine rings is 1. The number of aryl methyl sites for hydroxylation is 2. The summed E-state index contributed by atoms with van der Waals surface area (Å²) in [5.74, 6) is -0.244. The van der Waals surface area contributed by atoms with E-state index in [1.54, 1.807) is 6.07 Å². The molecule has 1 N–H and O–H groups in total. The van der Waals surface area contributed by atoms with Crippen LogP contribution in [0.25, 0.3) is 11.0 Å². The van der Waals surface area contributed by atoms with Crippen molar-refractivity contribution in [3.05, 3.63) is 52.6 Å². The fourth-order valence-corrected chi connectivity index (χ4v) is 3.46. The van der Waals surface area contributed by atoms with Crippen molar-refractivity contribution in [2.24, 2.45) is 0 Å². The molecular weight excluding hydrogens is 355 g/mol. The standard InChI is InChI=1S/C22H25FN4O/c1-12-6-9-15(23)10-17(12)25-21(28)16-11-18(14-7-8-14)24-20-19(16)13(2)26-27(20)22(3,4)5/h6,9-11,14H,7-8H2,1-5H3,(H,25,28). The molecule has 1 aliphatic rings. The molecule has 0 radical (unpaired) electrons. The van der Waals surface area contributed by atoms with Crippen LogP contribution in [0, 0.1) is 19.7 Å². The lowest BCUT2D eigenvalue weighted by Crippen LogP contribution is -2.24. The maximum atomic E-state index is 13.7. The predicted octanol–water partition coefficient (Wildman–Crippen LogP) is 5.07. The van der Waals surface area contributed by atoms with Crippen molar-refractivity contribution < 1.29 is 9.18 Å². The van der Waals surface area contributed by atoms with Crippen LogP contribution in [0.2, 0.25) is 0 Å². The van der Waals surface area contributed by atoms with Gasteiger partial charge >= 0.3 is 0 Å². The summed E-state index contributed by atoms with van der Waals surface area (Å²) < 4.78 is 15.6. The summed E-state index contributed by atoms with van der Waals surface area (Å²) >= 11 is 0. The van der Waals surface area contributed by atoms with E-state index in [1.165, 1.54) is 12.1 Å². The zero-order valence-corrected chi connectivity index (χ0v) is 16.9. The zero-order chi connectivity index (χ0) is 20.2. The fourth-order valence-electron chi connectivity index (χ4n) is 3.46. The molecule has 3 aromatic rings. The van der Waals surface area contributed by atoms with E-state index in [2.05, 4.69) is 31.2 Å². The second kappa shape index (κ2) is 6.40. The van der Waals surface area contributed by atoms with Crippen LogP contribution in [0.4, 0.5) is 10.1 Å². The van der Waals surface area contributed by atoms with Crippen LogP contribution in [0.3, 0.4) is 0 Å². The number of carbonyl (C=O) groups excluding carboxylic acids is 1. The van der Waals surface area contributed by atoms with E-state index < -0.39 is 0 Å². The van der Waals surface area contributed by atoms with Crippen LogP contribution in [-0.4, -0.2) is 20.7 Å². The third-order valence-corrected chi connectivity index (χ3v) is 5.16. The Morgan fingerprint density at radius 3 is 2.57 bits per heavy atom. The SMILES string of the molecule is Cc1ccc(F)cc1NC(=O)c1cc(C2CC2)nc2c1c(C)nn2C(C)(C)C. The molecule has 1 aliphatic carbocycles. The zero-order valence-electron chi connectivity index (χ0n) is 16.9. The Morgan fingerprint density at radius 1 is 1.21 bits per heavy atom. The number of nitrogens with zero attached hydrogens (tertiary/aromatic N) is 3. The lowest BCUT2D eigenvalue weighted by atomic mass is 10.1. The molecule has 2 aromatic heterocycles. The molecule has 4 rings (SSSR count). The van der Waals surface area contributed by atoms with E-state index in [1.807, 2.05) is 24.6 Å². The van der Waals surface area contributed by atoms with Crippen molar-refractivity contribution in [2.45, 2.75) is 58.9 Å². The monoisotopic (exact) mass is 380 g/mol. The van der Waals surface area contributed by atoms with Gasteiger partial charge in [-0.15, -0.1) is 0 Å². The van der Waals surface area contributed by atoms with E-state index in [4.69, 9.17) is 4.98 Å². The minimum Gasteiger partial charge on any atom is -0.322 e. The van der Waals surface area contributed by atoms with Crippen molar-refractivity contribution in [1.82, 2.24) is 14.8 Å². The minimum absolute atomic E-state index is 0.255. The van der Waals surface area contributed by atoms with Gasteiger partial charge in [0.1, 0.15) is 5.82 Å². The number of halogens is 1. The number of amides is 1. The molecule has 0 unspecified atom stereocenters. The van der Waals surface area contributed by atoms with Gasteiger partial charge in [0.2, 0.25) is 0 Å². The topological polar surface area (TPSA) is 59.8 Å². The van der Waals surface area contributed by atoms with Crippen LogP contribution >= 0.6 is 0 Å². The Balaban J connectivity index is 1.86. The largest absolute Gasteiger partial charge is 0.322 e. The van der Waals surface area contributed by atoms with E-state index in [0.29, 0.717) is 17.2 Å². The second-order valence-electron chi connectivity index (χ2n) is 8.65. The van der Waals surface area contributed by atoms with Crippen molar-refractivity contribution in [3.63, 3.8) is 0 Å². The molecule has 1 aromatic carbocycles. The molecule has 146 valence electrons. The Hall–Kier alpha value is -2.76. The molecule has 0 aliphatic heterocycles. The molecule has 0 bridgehead atoms. The molecule has 2 heterocycles. The Morgan fingerprint density at radius 2 is 1.93 bits per heavy atom. The molecule has 1 amide bonds. The molecule has 28 heavy (non-hydrogen) atoms. The smallest absolute Gasteiger partial charge is 0.256 e. The Labute approximate surface area is 164 Å². The summed E-state index contributed by atoms with van der Waals surface area (Å²) in [5, 5.41) is 8.31. The normalized spacial score (nSPS) is 14.5. The van der Waals surface area contributed by atoms with E-state index in [9.17, 15) is 9.18 Å². The molecule has 1 saturated carbocycles. The summed E-state index contributed by atoms with van der Waals surface area (Å²) in [6.07, 6.45) is 2.18. The van der Waals surface area contributed by atoms with Gasteiger partial charge in [0.15, 0.2) is 5.65 Å². The van der Waals surface area contributed by atoms with Gasteiger partial charge in [0.05, 0.1) is 22.2 Å². The van der Waals surface area contributed by atoms with Crippen LogP contribution < -0.4 is 5.32 Å². The van der Waals surface area contributed by atoms with Gasteiger partial charge in [-0.25, -0.2) is 14.1 Å². The highest BCUT2D eigenvalue weighted by Gasteiger charge is 2.30. The third kappa shape index (κ3) is 3.28. The highest BCUT2D eigenvalue weighted by Crippen LogP contribution is 2.41. The lowest BCUT2D eigenvalue weighted by Gasteiger charge is -2.20. The lowest BCUT2D eigenvalue weighted by molar-refractivity contribution is 0.102. The van der Waals surface area contributed by atoms with E-state index in [-0.39, 0.29) is 17.3 Å². The average Bonchev–Trinajstić information content (AvgIpc) is 3.40. The summed E-state index contributed by atoms with van der Waals surface area (Å²) in [6.45, 7) is 9.95. The van der Waals surface area contributed by atoms with Crippen LogP contribution in [0.1, 0.15) is 66.8 Å². The van der Waals surface area contributed by atoms with Crippen molar-refractivity contribution in [2.75, 3.05) is 5.32 Å². The molecule has 6 heteroatoms. The maximum Gasteiger partial charge on any atom is 0.256 e. The number of benzene rings is 1. The van der Waals surface area contributed by atoms with Gasteiger partial charge in [0, 0.05) is 17.3 Å². The number of aromatic nitrogens is 3. The number of carbonyl (C=O) groups is 1. The first-order valence-corrected chi connectivity index (χ1v) is 9.63. The molecule has 0 spiro atoms.